The molecule has 1 aromatic heterocycles. The van der Waals surface area contributed by atoms with E-state index in [-0.39, 0.29) is 17.0 Å². The van der Waals surface area contributed by atoms with Crippen molar-refractivity contribution in [2.75, 3.05) is 6.61 Å². The minimum absolute atomic E-state index is 0.231. The van der Waals surface area contributed by atoms with Gasteiger partial charge in [0.25, 0.3) is 0 Å². The number of carbonyl (C=O) groups is 2. The van der Waals surface area contributed by atoms with Crippen LogP contribution in [0.3, 0.4) is 0 Å². The van der Waals surface area contributed by atoms with Gasteiger partial charge in [-0.3, -0.25) is 4.79 Å². The number of ketones is 1. The standard InChI is InChI=1S/C20H16ClF3N2O3/c1-11-6-14(7-15(9-25)19(28)29-10-12(2)27)13(3)26(11)16-4-5-18(21)17(8-16)20(22,23)24/h4-8H,10H2,1-3H3/b15-7+. The molecule has 5 nitrogen and oxygen atoms in total. The fourth-order valence-electron chi connectivity index (χ4n) is 2.74. The van der Waals surface area contributed by atoms with Gasteiger partial charge in [-0.1, -0.05) is 11.6 Å². The van der Waals surface area contributed by atoms with Crippen molar-refractivity contribution >= 4 is 29.4 Å². The Labute approximate surface area is 169 Å². The lowest BCUT2D eigenvalue weighted by atomic mass is 10.1. The van der Waals surface area contributed by atoms with Crippen LogP contribution in [0.1, 0.15) is 29.4 Å². The van der Waals surface area contributed by atoms with Gasteiger partial charge in [0.1, 0.15) is 18.2 Å². The van der Waals surface area contributed by atoms with E-state index in [9.17, 15) is 28.0 Å². The van der Waals surface area contributed by atoms with E-state index in [0.717, 1.165) is 12.1 Å². The van der Waals surface area contributed by atoms with Crippen molar-refractivity contribution in [1.29, 1.82) is 5.26 Å². The van der Waals surface area contributed by atoms with E-state index in [4.69, 9.17) is 16.3 Å². The van der Waals surface area contributed by atoms with Gasteiger partial charge in [-0.25, -0.2) is 4.79 Å². The molecule has 0 aliphatic heterocycles. The van der Waals surface area contributed by atoms with Crippen LogP contribution in [0, 0.1) is 25.2 Å². The van der Waals surface area contributed by atoms with Crippen molar-refractivity contribution in [3.63, 3.8) is 0 Å². The Kier molecular flexibility index (Phi) is 6.55. The summed E-state index contributed by atoms with van der Waals surface area (Å²) >= 11 is 5.68. The molecule has 0 fully saturated rings. The molecule has 0 spiro atoms. The summed E-state index contributed by atoms with van der Waals surface area (Å²) in [4.78, 5) is 22.9. The van der Waals surface area contributed by atoms with Gasteiger partial charge in [-0.2, -0.15) is 18.4 Å². The van der Waals surface area contributed by atoms with Gasteiger partial charge in [-0.05, 0) is 56.7 Å². The second-order valence-electron chi connectivity index (χ2n) is 6.27. The Balaban J connectivity index is 2.50. The molecular formula is C20H16ClF3N2O3. The van der Waals surface area contributed by atoms with E-state index in [1.807, 2.05) is 0 Å². The number of nitrogens with zero attached hydrogens (tertiary/aromatic N) is 2. The van der Waals surface area contributed by atoms with Crippen molar-refractivity contribution in [3.8, 4) is 11.8 Å². The lowest BCUT2D eigenvalue weighted by Gasteiger charge is -2.14. The molecule has 0 aliphatic rings. The summed E-state index contributed by atoms with van der Waals surface area (Å²) in [6, 6.07) is 6.86. The summed E-state index contributed by atoms with van der Waals surface area (Å²) in [6.07, 6.45) is -3.35. The highest BCUT2D eigenvalue weighted by atomic mass is 35.5. The summed E-state index contributed by atoms with van der Waals surface area (Å²) in [6.45, 7) is 4.09. The first-order valence-corrected chi connectivity index (χ1v) is 8.68. The Bertz CT molecular complexity index is 1050. The van der Waals surface area contributed by atoms with Gasteiger partial charge in [0.15, 0.2) is 5.78 Å². The molecule has 9 heteroatoms. The molecule has 0 amide bonds. The average molecular weight is 425 g/mol. The van der Waals surface area contributed by atoms with Crippen LogP contribution in [0.5, 0.6) is 0 Å². The molecule has 0 radical (unpaired) electrons. The lowest BCUT2D eigenvalue weighted by Crippen LogP contribution is -2.12. The average Bonchev–Trinajstić information content (AvgIpc) is 2.90. The Morgan fingerprint density at radius 1 is 1.28 bits per heavy atom. The summed E-state index contributed by atoms with van der Waals surface area (Å²) in [5.41, 5.74) is 0.463. The maximum atomic E-state index is 13.2. The summed E-state index contributed by atoms with van der Waals surface area (Å²) in [5, 5.41) is 8.80. The number of ether oxygens (including phenoxy) is 1. The highest BCUT2D eigenvalue weighted by Crippen LogP contribution is 2.36. The molecule has 152 valence electrons. The molecule has 0 saturated carbocycles. The highest BCUT2D eigenvalue weighted by molar-refractivity contribution is 6.31. The quantitative estimate of drug-likeness (QED) is 0.392. The van der Waals surface area contributed by atoms with Crippen molar-refractivity contribution in [2.45, 2.75) is 26.9 Å². The molecule has 2 rings (SSSR count). The SMILES string of the molecule is CC(=O)COC(=O)/C(C#N)=C/c1cc(C)n(-c2ccc(Cl)c(C(F)(F)F)c2)c1C. The molecule has 0 saturated heterocycles. The Morgan fingerprint density at radius 3 is 2.48 bits per heavy atom. The summed E-state index contributed by atoms with van der Waals surface area (Å²) in [5.74, 6) is -1.34. The van der Waals surface area contributed by atoms with Gasteiger partial charge in [0, 0.05) is 17.1 Å². The fourth-order valence-corrected chi connectivity index (χ4v) is 2.96. The Hall–Kier alpha value is -3.05. The van der Waals surface area contributed by atoms with Crippen molar-refractivity contribution < 1.29 is 27.5 Å². The van der Waals surface area contributed by atoms with E-state index in [0.29, 0.717) is 17.0 Å². The van der Waals surface area contributed by atoms with Gasteiger partial charge in [0.05, 0.1) is 10.6 Å². The first kappa shape index (κ1) is 22.2. The van der Waals surface area contributed by atoms with Crippen molar-refractivity contribution in [3.05, 3.63) is 57.4 Å². The maximum absolute atomic E-state index is 13.2. The number of aromatic nitrogens is 1. The number of carbonyl (C=O) groups excluding carboxylic acids is 2. The van der Waals surface area contributed by atoms with Crippen LogP contribution in [0.4, 0.5) is 13.2 Å². The zero-order valence-corrected chi connectivity index (χ0v) is 16.5. The number of esters is 1. The maximum Gasteiger partial charge on any atom is 0.417 e. The number of hydrogen-bond acceptors (Lipinski definition) is 4. The summed E-state index contributed by atoms with van der Waals surface area (Å²) < 4.78 is 45.8. The molecular weight excluding hydrogens is 409 g/mol. The minimum atomic E-state index is -4.61. The topological polar surface area (TPSA) is 72.1 Å². The Morgan fingerprint density at radius 2 is 1.93 bits per heavy atom. The molecule has 1 heterocycles. The third-order valence-corrected chi connectivity index (χ3v) is 4.36. The van der Waals surface area contributed by atoms with Gasteiger partial charge in [0.2, 0.25) is 0 Å². The van der Waals surface area contributed by atoms with Gasteiger partial charge >= 0.3 is 12.1 Å². The number of Topliss-reactive ketones (excluding diaryl/α,β-unsaturated/α-hetero) is 1. The van der Waals surface area contributed by atoms with Crippen molar-refractivity contribution in [2.24, 2.45) is 0 Å². The zero-order chi connectivity index (χ0) is 21.9. The fraction of sp³-hybridized carbons (Fsp3) is 0.250. The second-order valence-corrected chi connectivity index (χ2v) is 6.68. The lowest BCUT2D eigenvalue weighted by molar-refractivity contribution is -0.143. The van der Waals surface area contributed by atoms with Gasteiger partial charge < -0.3 is 9.30 Å². The van der Waals surface area contributed by atoms with Crippen LogP contribution in [0.2, 0.25) is 5.02 Å². The van der Waals surface area contributed by atoms with E-state index in [2.05, 4.69) is 0 Å². The zero-order valence-electron chi connectivity index (χ0n) is 15.7. The van der Waals surface area contributed by atoms with Crippen LogP contribution in [0.15, 0.2) is 29.8 Å². The number of benzene rings is 1. The smallest absolute Gasteiger partial charge is 0.417 e. The molecule has 0 aliphatic carbocycles. The predicted octanol–water partition coefficient (Wildman–Crippen LogP) is 4.81. The van der Waals surface area contributed by atoms with E-state index >= 15 is 0 Å². The molecule has 2 aromatic rings. The highest BCUT2D eigenvalue weighted by Gasteiger charge is 2.33. The molecule has 0 N–H and O–H groups in total. The number of halogens is 4. The third-order valence-electron chi connectivity index (χ3n) is 4.03. The van der Waals surface area contributed by atoms with E-state index in [1.165, 1.54) is 19.1 Å². The number of alkyl halides is 3. The number of rotatable bonds is 5. The third kappa shape index (κ3) is 5.06. The van der Waals surface area contributed by atoms with E-state index in [1.54, 1.807) is 30.6 Å². The molecule has 0 atom stereocenters. The molecule has 0 unspecified atom stereocenters. The normalized spacial score (nSPS) is 11.9. The summed E-state index contributed by atoms with van der Waals surface area (Å²) in [7, 11) is 0. The first-order chi connectivity index (χ1) is 13.5. The second kappa shape index (κ2) is 8.53. The number of hydrogen-bond donors (Lipinski definition) is 0. The van der Waals surface area contributed by atoms with E-state index < -0.39 is 29.3 Å². The largest absolute Gasteiger partial charge is 0.454 e. The predicted molar refractivity (Wildman–Crippen MR) is 100 cm³/mol. The van der Waals surface area contributed by atoms with Crippen molar-refractivity contribution in [1.82, 2.24) is 4.57 Å². The van der Waals surface area contributed by atoms with Gasteiger partial charge in [-0.15, -0.1) is 0 Å². The number of aryl methyl sites for hydroxylation is 1. The first-order valence-electron chi connectivity index (χ1n) is 8.30. The van der Waals surface area contributed by atoms with Crippen LogP contribution >= 0.6 is 11.6 Å². The van der Waals surface area contributed by atoms with Crippen LogP contribution < -0.4 is 0 Å². The monoisotopic (exact) mass is 424 g/mol. The minimum Gasteiger partial charge on any atom is -0.454 e. The molecule has 29 heavy (non-hydrogen) atoms. The molecule has 1 aromatic carbocycles. The van der Waals surface area contributed by atoms with Crippen LogP contribution in [-0.2, 0) is 20.5 Å². The van der Waals surface area contributed by atoms with Crippen LogP contribution in [-0.4, -0.2) is 22.9 Å². The molecule has 0 bridgehead atoms. The number of nitriles is 1. The van der Waals surface area contributed by atoms with Crippen LogP contribution in [0.25, 0.3) is 11.8 Å².